The molecule has 45 heavy (non-hydrogen) atoms. The van der Waals surface area contributed by atoms with E-state index in [9.17, 15) is 24.0 Å². The SMILES string of the molecule is C#Cc1cccc(NC(=O)NCCCCC(NC(=O)NC(CCC(=O)OC(C)(C)C)C(=O)OC(C)(C)C)C(=O)OC(C)(C)C)c1. The van der Waals surface area contributed by atoms with Crippen molar-refractivity contribution >= 4 is 35.7 Å². The Kier molecular flexibility index (Phi) is 14.9. The molecule has 0 heterocycles. The maximum Gasteiger partial charge on any atom is 0.329 e. The van der Waals surface area contributed by atoms with Crippen molar-refractivity contribution in [3.8, 4) is 12.3 Å². The minimum atomic E-state index is -1.18. The third-order valence-corrected chi connectivity index (χ3v) is 5.54. The van der Waals surface area contributed by atoms with E-state index in [1.165, 1.54) is 0 Å². The van der Waals surface area contributed by atoms with Gasteiger partial charge in [-0.15, -0.1) is 6.42 Å². The Hall–Kier alpha value is -4.27. The van der Waals surface area contributed by atoms with Gasteiger partial charge in [0.25, 0.3) is 0 Å². The van der Waals surface area contributed by atoms with Crippen molar-refractivity contribution in [1.82, 2.24) is 16.0 Å². The third-order valence-electron chi connectivity index (χ3n) is 5.54. The minimum absolute atomic E-state index is 0.0743. The summed E-state index contributed by atoms with van der Waals surface area (Å²) >= 11 is 0. The van der Waals surface area contributed by atoms with Gasteiger partial charge in [0.05, 0.1) is 0 Å². The Morgan fingerprint density at radius 1 is 0.756 bits per heavy atom. The number of amides is 4. The van der Waals surface area contributed by atoms with Crippen LogP contribution in [0.1, 0.15) is 100.0 Å². The summed E-state index contributed by atoms with van der Waals surface area (Å²) in [7, 11) is 0. The number of esters is 3. The number of benzene rings is 1. The highest BCUT2D eigenvalue weighted by Crippen LogP contribution is 2.15. The normalized spacial score (nSPS) is 12.9. The summed E-state index contributed by atoms with van der Waals surface area (Å²) in [6.07, 6.45) is 6.32. The van der Waals surface area contributed by atoms with Crippen LogP contribution in [0.15, 0.2) is 24.3 Å². The Labute approximate surface area is 267 Å². The Bertz CT molecular complexity index is 1220. The van der Waals surface area contributed by atoms with Gasteiger partial charge in [-0.2, -0.15) is 0 Å². The molecule has 0 fully saturated rings. The molecule has 0 saturated heterocycles. The van der Waals surface area contributed by atoms with Crippen molar-refractivity contribution in [3.63, 3.8) is 0 Å². The summed E-state index contributed by atoms with van der Waals surface area (Å²) < 4.78 is 16.3. The zero-order valence-corrected chi connectivity index (χ0v) is 28.1. The molecule has 1 aromatic carbocycles. The number of carbonyl (C=O) groups is 5. The molecule has 1 aromatic rings. The molecule has 250 valence electrons. The maximum atomic E-state index is 13.0. The second-order valence-corrected chi connectivity index (χ2v) is 13.5. The topological polar surface area (TPSA) is 161 Å². The summed E-state index contributed by atoms with van der Waals surface area (Å²) in [6.45, 7) is 15.7. The molecule has 12 heteroatoms. The summed E-state index contributed by atoms with van der Waals surface area (Å²) in [5.74, 6) is 0.586. The van der Waals surface area contributed by atoms with Crippen molar-refractivity contribution in [2.45, 2.75) is 123 Å². The van der Waals surface area contributed by atoms with Gasteiger partial charge >= 0.3 is 30.0 Å². The zero-order valence-electron chi connectivity index (χ0n) is 28.1. The number of unbranched alkanes of at least 4 members (excludes halogenated alkanes) is 1. The van der Waals surface area contributed by atoms with Gasteiger partial charge in [0.15, 0.2) is 0 Å². The van der Waals surface area contributed by atoms with E-state index in [0.717, 1.165) is 0 Å². The number of urea groups is 2. The molecule has 0 radical (unpaired) electrons. The van der Waals surface area contributed by atoms with Gasteiger partial charge in [0, 0.05) is 24.2 Å². The fraction of sp³-hybridized carbons (Fsp3) is 0.606. The molecule has 4 N–H and O–H groups in total. The van der Waals surface area contributed by atoms with E-state index in [4.69, 9.17) is 20.6 Å². The average Bonchev–Trinajstić information content (AvgIpc) is 2.87. The van der Waals surface area contributed by atoms with Crippen LogP contribution < -0.4 is 21.3 Å². The predicted octanol–water partition coefficient (Wildman–Crippen LogP) is 4.80. The first-order valence-corrected chi connectivity index (χ1v) is 15.0. The Balaban J connectivity index is 2.82. The first-order chi connectivity index (χ1) is 20.7. The molecule has 2 unspecified atom stereocenters. The van der Waals surface area contributed by atoms with Crippen LogP contribution in [0, 0.1) is 12.3 Å². The van der Waals surface area contributed by atoms with Crippen molar-refractivity contribution in [3.05, 3.63) is 29.8 Å². The summed E-state index contributed by atoms with van der Waals surface area (Å²) in [5, 5.41) is 10.6. The molecule has 0 spiro atoms. The van der Waals surface area contributed by atoms with Gasteiger partial charge in [-0.1, -0.05) is 12.0 Å². The largest absolute Gasteiger partial charge is 0.460 e. The smallest absolute Gasteiger partial charge is 0.329 e. The van der Waals surface area contributed by atoms with Gasteiger partial charge < -0.3 is 35.5 Å². The molecular formula is C33H50N4O8. The average molecular weight is 631 g/mol. The monoisotopic (exact) mass is 630 g/mol. The quantitative estimate of drug-likeness (QED) is 0.105. The van der Waals surface area contributed by atoms with Gasteiger partial charge in [0.2, 0.25) is 0 Å². The highest BCUT2D eigenvalue weighted by molar-refractivity contribution is 5.89. The molecule has 12 nitrogen and oxygen atoms in total. The molecule has 0 bridgehead atoms. The second-order valence-electron chi connectivity index (χ2n) is 13.5. The number of hydrogen-bond acceptors (Lipinski definition) is 8. The van der Waals surface area contributed by atoms with Crippen LogP contribution in [-0.4, -0.2) is 65.4 Å². The van der Waals surface area contributed by atoms with Crippen LogP contribution in [-0.2, 0) is 28.6 Å². The van der Waals surface area contributed by atoms with E-state index < -0.39 is 58.9 Å². The maximum absolute atomic E-state index is 13.0. The molecule has 0 aliphatic heterocycles. The number of terminal acetylenes is 1. The highest BCUT2D eigenvalue weighted by Gasteiger charge is 2.31. The lowest BCUT2D eigenvalue weighted by Crippen LogP contribution is -2.53. The Morgan fingerprint density at radius 3 is 1.80 bits per heavy atom. The van der Waals surface area contributed by atoms with Gasteiger partial charge in [0.1, 0.15) is 28.9 Å². The molecule has 2 atom stereocenters. The standard InChI is InChI=1S/C33H50N4O8/c1-11-22-15-14-16-23(21-22)35-29(41)34-20-13-12-17-24(27(39)44-32(5,6)7)36-30(42)37-25(28(40)45-33(8,9)10)18-19-26(38)43-31(2,3)4/h1,14-16,21,24-25H,12-13,17-20H2,2-10H3,(H2,34,35,41)(H2,36,37,42). The molecule has 1 rings (SSSR count). The molecule has 0 aliphatic carbocycles. The highest BCUT2D eigenvalue weighted by atomic mass is 16.6. The van der Waals surface area contributed by atoms with Crippen molar-refractivity contribution in [2.75, 3.05) is 11.9 Å². The number of ether oxygens (including phenoxy) is 3. The number of rotatable bonds is 13. The summed E-state index contributed by atoms with van der Waals surface area (Å²) in [6, 6.07) is 3.43. The summed E-state index contributed by atoms with van der Waals surface area (Å²) in [4.78, 5) is 63.4. The van der Waals surface area contributed by atoms with Crippen LogP contribution in [0.5, 0.6) is 0 Å². The van der Waals surface area contributed by atoms with E-state index in [2.05, 4.69) is 27.2 Å². The second kappa shape index (κ2) is 17.3. The number of anilines is 1. The van der Waals surface area contributed by atoms with Crippen LogP contribution in [0.25, 0.3) is 0 Å². The van der Waals surface area contributed by atoms with Crippen LogP contribution in [0.4, 0.5) is 15.3 Å². The lowest BCUT2D eigenvalue weighted by atomic mass is 10.1. The molecule has 0 aromatic heterocycles. The first kappa shape index (κ1) is 38.8. The molecular weight excluding hydrogens is 580 g/mol. The van der Waals surface area contributed by atoms with Crippen molar-refractivity contribution in [2.24, 2.45) is 0 Å². The van der Waals surface area contributed by atoms with Crippen LogP contribution in [0.3, 0.4) is 0 Å². The molecule has 0 saturated carbocycles. The van der Waals surface area contributed by atoms with E-state index in [-0.39, 0.29) is 19.3 Å². The number of nitrogens with one attached hydrogen (secondary N) is 4. The molecule has 0 aliphatic rings. The van der Waals surface area contributed by atoms with Crippen LogP contribution in [0.2, 0.25) is 0 Å². The number of carbonyl (C=O) groups excluding carboxylic acids is 5. The van der Waals surface area contributed by atoms with Gasteiger partial charge in [-0.25, -0.2) is 19.2 Å². The third kappa shape index (κ3) is 18.2. The van der Waals surface area contributed by atoms with E-state index in [1.807, 2.05) is 0 Å². The van der Waals surface area contributed by atoms with Crippen molar-refractivity contribution in [1.29, 1.82) is 0 Å². The molecule has 4 amide bonds. The fourth-order valence-electron chi connectivity index (χ4n) is 3.79. The van der Waals surface area contributed by atoms with Gasteiger partial charge in [-0.3, -0.25) is 4.79 Å². The minimum Gasteiger partial charge on any atom is -0.460 e. The predicted molar refractivity (Wildman–Crippen MR) is 171 cm³/mol. The summed E-state index contributed by atoms with van der Waals surface area (Å²) in [5.41, 5.74) is -1.17. The zero-order chi connectivity index (χ0) is 34.4. The lowest BCUT2D eigenvalue weighted by Gasteiger charge is -2.27. The van der Waals surface area contributed by atoms with E-state index in [0.29, 0.717) is 30.6 Å². The van der Waals surface area contributed by atoms with E-state index in [1.54, 1.807) is 86.6 Å². The lowest BCUT2D eigenvalue weighted by molar-refractivity contribution is -0.159. The number of hydrogen-bond donors (Lipinski definition) is 4. The Morgan fingerprint density at radius 2 is 1.29 bits per heavy atom. The van der Waals surface area contributed by atoms with Crippen LogP contribution >= 0.6 is 0 Å². The van der Waals surface area contributed by atoms with Crippen molar-refractivity contribution < 1.29 is 38.2 Å². The fourth-order valence-corrected chi connectivity index (χ4v) is 3.79. The first-order valence-electron chi connectivity index (χ1n) is 15.0. The van der Waals surface area contributed by atoms with Gasteiger partial charge in [-0.05, 0) is 106 Å². The van der Waals surface area contributed by atoms with E-state index >= 15 is 0 Å².